The van der Waals surface area contributed by atoms with Crippen LogP contribution in [0.2, 0.25) is 0 Å². The predicted octanol–water partition coefficient (Wildman–Crippen LogP) is 5.94. The number of hydrogen-bond donors (Lipinski definition) is 0. The summed E-state index contributed by atoms with van der Waals surface area (Å²) in [5.74, 6) is -0.0108. The molecule has 5 nitrogen and oxygen atoms in total. The average Bonchev–Trinajstić information content (AvgIpc) is 3.11. The van der Waals surface area contributed by atoms with Crippen molar-refractivity contribution in [3.63, 3.8) is 0 Å². The molecule has 0 N–H and O–H groups in total. The van der Waals surface area contributed by atoms with E-state index in [1.54, 1.807) is 41.8 Å². The SMILES string of the molecule is CCc1nc2c(C(F)(F)F)cccc2n1-c1ccc(Oc2cc(F)cc(S(C)(=O)=O)c2)cc1. The minimum Gasteiger partial charge on any atom is -0.457 e. The summed E-state index contributed by atoms with van der Waals surface area (Å²) in [6.45, 7) is 1.80. The van der Waals surface area contributed by atoms with Crippen LogP contribution in [0.1, 0.15) is 18.3 Å². The minimum absolute atomic E-state index is 0.000298. The summed E-state index contributed by atoms with van der Waals surface area (Å²) in [7, 11) is -3.63. The van der Waals surface area contributed by atoms with Crippen molar-refractivity contribution >= 4 is 20.9 Å². The number of hydrogen-bond acceptors (Lipinski definition) is 4. The summed E-state index contributed by atoms with van der Waals surface area (Å²) in [6, 6.07) is 13.4. The van der Waals surface area contributed by atoms with Gasteiger partial charge in [-0.25, -0.2) is 17.8 Å². The highest BCUT2D eigenvalue weighted by Crippen LogP contribution is 2.36. The van der Waals surface area contributed by atoms with Crippen molar-refractivity contribution in [2.75, 3.05) is 6.26 Å². The van der Waals surface area contributed by atoms with Crippen LogP contribution >= 0.6 is 0 Å². The maximum absolute atomic E-state index is 13.8. The molecule has 1 heterocycles. The fourth-order valence-electron chi connectivity index (χ4n) is 3.51. The van der Waals surface area contributed by atoms with Gasteiger partial charge in [0.05, 0.1) is 16.0 Å². The molecule has 0 radical (unpaired) electrons. The van der Waals surface area contributed by atoms with Gasteiger partial charge >= 0.3 is 6.18 Å². The van der Waals surface area contributed by atoms with E-state index in [1.165, 1.54) is 12.1 Å². The Balaban J connectivity index is 1.72. The Labute approximate surface area is 187 Å². The fraction of sp³-hybridized carbons (Fsp3) is 0.174. The second kappa shape index (κ2) is 8.18. The first-order valence-corrected chi connectivity index (χ1v) is 11.7. The Kier molecular flexibility index (Phi) is 5.65. The Morgan fingerprint density at radius 1 is 1.00 bits per heavy atom. The standard InChI is InChI=1S/C23H18F4N2O3S/c1-3-21-28-22-19(23(25,26)27)5-4-6-20(22)29(21)15-7-9-16(10-8-15)32-17-11-14(24)12-18(13-17)33(2,30)31/h4-13H,3H2,1-2H3. The van der Waals surface area contributed by atoms with Crippen LogP contribution in [0.4, 0.5) is 17.6 Å². The van der Waals surface area contributed by atoms with Gasteiger partial charge in [0.1, 0.15) is 28.7 Å². The summed E-state index contributed by atoms with van der Waals surface area (Å²) in [6.07, 6.45) is -3.16. The molecular formula is C23H18F4N2O3S. The zero-order valence-electron chi connectivity index (χ0n) is 17.5. The minimum atomic E-state index is -4.53. The molecule has 0 unspecified atom stereocenters. The molecule has 0 bridgehead atoms. The van der Waals surface area contributed by atoms with Crippen molar-refractivity contribution in [1.82, 2.24) is 9.55 Å². The fourth-order valence-corrected chi connectivity index (χ4v) is 4.17. The van der Waals surface area contributed by atoms with Gasteiger partial charge in [0, 0.05) is 24.4 Å². The Morgan fingerprint density at radius 2 is 1.70 bits per heavy atom. The highest BCUT2D eigenvalue weighted by Gasteiger charge is 2.34. The van der Waals surface area contributed by atoms with Gasteiger partial charge in [-0.3, -0.25) is 4.57 Å². The molecule has 0 aliphatic rings. The first-order valence-electron chi connectivity index (χ1n) is 9.84. The number of aromatic nitrogens is 2. The Bertz CT molecular complexity index is 1440. The van der Waals surface area contributed by atoms with Gasteiger partial charge in [-0.1, -0.05) is 13.0 Å². The third-order valence-electron chi connectivity index (χ3n) is 4.98. The van der Waals surface area contributed by atoms with Gasteiger partial charge in [-0.15, -0.1) is 0 Å². The number of rotatable bonds is 5. The topological polar surface area (TPSA) is 61.2 Å². The van der Waals surface area contributed by atoms with Crippen molar-refractivity contribution in [3.05, 3.63) is 77.9 Å². The number of halogens is 4. The van der Waals surface area contributed by atoms with Crippen LogP contribution < -0.4 is 4.74 Å². The normalized spacial score (nSPS) is 12.3. The number of imidazole rings is 1. The number of ether oxygens (including phenoxy) is 1. The van der Waals surface area contributed by atoms with E-state index < -0.39 is 27.4 Å². The number of nitrogens with zero attached hydrogens (tertiary/aromatic N) is 2. The van der Waals surface area contributed by atoms with Crippen LogP contribution in [0, 0.1) is 5.82 Å². The van der Waals surface area contributed by atoms with E-state index in [2.05, 4.69) is 4.98 Å². The first kappa shape index (κ1) is 22.8. The largest absolute Gasteiger partial charge is 0.457 e. The number of alkyl halides is 3. The van der Waals surface area contributed by atoms with Gasteiger partial charge in [0.2, 0.25) is 0 Å². The molecular weight excluding hydrogens is 460 g/mol. The van der Waals surface area contributed by atoms with Gasteiger partial charge in [0.25, 0.3) is 0 Å². The van der Waals surface area contributed by atoms with E-state index in [0.29, 0.717) is 29.2 Å². The van der Waals surface area contributed by atoms with Crippen LogP contribution in [0.15, 0.2) is 65.6 Å². The lowest BCUT2D eigenvalue weighted by molar-refractivity contribution is -0.136. The zero-order chi connectivity index (χ0) is 24.0. The molecule has 0 aliphatic carbocycles. The number of benzene rings is 3. The van der Waals surface area contributed by atoms with Gasteiger partial charge < -0.3 is 4.74 Å². The van der Waals surface area contributed by atoms with E-state index in [-0.39, 0.29) is 16.2 Å². The second-order valence-electron chi connectivity index (χ2n) is 7.38. The van der Waals surface area contributed by atoms with E-state index in [4.69, 9.17) is 4.74 Å². The van der Waals surface area contributed by atoms with Crippen LogP contribution in [0.3, 0.4) is 0 Å². The monoisotopic (exact) mass is 478 g/mol. The summed E-state index contributed by atoms with van der Waals surface area (Å²) >= 11 is 0. The predicted molar refractivity (Wildman–Crippen MR) is 115 cm³/mol. The molecule has 0 aliphatic heterocycles. The van der Waals surface area contributed by atoms with E-state index in [0.717, 1.165) is 24.5 Å². The van der Waals surface area contributed by atoms with E-state index in [1.807, 2.05) is 0 Å². The molecule has 0 saturated heterocycles. The maximum Gasteiger partial charge on any atom is 0.418 e. The number of sulfone groups is 1. The lowest BCUT2D eigenvalue weighted by atomic mass is 10.1. The molecule has 172 valence electrons. The third kappa shape index (κ3) is 4.56. The quantitative estimate of drug-likeness (QED) is 0.333. The van der Waals surface area contributed by atoms with Crippen molar-refractivity contribution in [1.29, 1.82) is 0 Å². The number of aryl methyl sites for hydroxylation is 1. The highest BCUT2D eigenvalue weighted by atomic mass is 32.2. The van der Waals surface area contributed by atoms with Crippen molar-refractivity contribution in [3.8, 4) is 17.2 Å². The van der Waals surface area contributed by atoms with Crippen LogP contribution in [0.5, 0.6) is 11.5 Å². The third-order valence-corrected chi connectivity index (χ3v) is 6.07. The molecule has 4 aromatic rings. The Hall–Kier alpha value is -3.40. The summed E-state index contributed by atoms with van der Waals surface area (Å²) in [4.78, 5) is 4.00. The average molecular weight is 478 g/mol. The lowest BCUT2D eigenvalue weighted by Crippen LogP contribution is -2.05. The van der Waals surface area contributed by atoms with Crippen LogP contribution in [-0.4, -0.2) is 24.2 Å². The summed E-state index contributed by atoms with van der Waals surface area (Å²) in [5, 5.41) is 0. The Morgan fingerprint density at radius 3 is 2.30 bits per heavy atom. The van der Waals surface area contributed by atoms with Crippen molar-refractivity contribution in [2.45, 2.75) is 24.4 Å². The molecule has 0 atom stereocenters. The molecule has 0 amide bonds. The van der Waals surface area contributed by atoms with Crippen LogP contribution in [0.25, 0.3) is 16.7 Å². The summed E-state index contributed by atoms with van der Waals surface area (Å²) < 4.78 is 84.8. The lowest BCUT2D eigenvalue weighted by Gasteiger charge is -2.11. The number of para-hydroxylation sites is 1. The molecule has 10 heteroatoms. The smallest absolute Gasteiger partial charge is 0.418 e. The highest BCUT2D eigenvalue weighted by molar-refractivity contribution is 7.90. The first-order chi connectivity index (χ1) is 15.5. The van der Waals surface area contributed by atoms with E-state index in [9.17, 15) is 26.0 Å². The second-order valence-corrected chi connectivity index (χ2v) is 9.39. The van der Waals surface area contributed by atoms with Crippen molar-refractivity contribution in [2.24, 2.45) is 0 Å². The van der Waals surface area contributed by atoms with Crippen LogP contribution in [-0.2, 0) is 22.4 Å². The molecule has 0 fully saturated rings. The van der Waals surface area contributed by atoms with Crippen molar-refractivity contribution < 1.29 is 30.7 Å². The molecule has 1 aromatic heterocycles. The van der Waals surface area contributed by atoms with E-state index >= 15 is 0 Å². The molecule has 3 aromatic carbocycles. The summed E-state index contributed by atoms with van der Waals surface area (Å²) in [5.41, 5.74) is -0.0493. The maximum atomic E-state index is 13.8. The molecule has 33 heavy (non-hydrogen) atoms. The molecule has 0 spiro atoms. The van der Waals surface area contributed by atoms with Gasteiger partial charge in [-0.2, -0.15) is 13.2 Å². The molecule has 0 saturated carbocycles. The van der Waals surface area contributed by atoms with Gasteiger partial charge in [0.15, 0.2) is 9.84 Å². The molecule has 4 rings (SSSR count). The van der Waals surface area contributed by atoms with Gasteiger partial charge in [-0.05, 0) is 48.5 Å². The zero-order valence-corrected chi connectivity index (χ0v) is 18.3. The number of fused-ring (bicyclic) bond motifs is 1.